The van der Waals surface area contributed by atoms with Crippen LogP contribution in [-0.4, -0.2) is 33.5 Å². The summed E-state index contributed by atoms with van der Waals surface area (Å²) < 4.78 is 4.65. The number of nitrogen functional groups attached to an aromatic ring is 1. The zero-order valence-electron chi connectivity index (χ0n) is 10.9. The first-order valence-corrected chi connectivity index (χ1v) is 6.33. The van der Waals surface area contributed by atoms with Crippen LogP contribution in [0, 0.1) is 0 Å². The van der Waals surface area contributed by atoms with Crippen molar-refractivity contribution in [1.82, 2.24) is 20.4 Å². The van der Waals surface area contributed by atoms with Crippen LogP contribution in [0.3, 0.4) is 0 Å². The molecule has 0 aliphatic rings. The Morgan fingerprint density at radius 2 is 2.19 bits per heavy atom. The highest BCUT2D eigenvalue weighted by atomic mass is 35.5. The summed E-state index contributed by atoms with van der Waals surface area (Å²) >= 11 is 5.99. The molecule has 7 nitrogen and oxygen atoms in total. The molecular weight excluding hydrogens is 294 g/mol. The molecule has 21 heavy (non-hydrogen) atoms. The maximum absolute atomic E-state index is 11.7. The highest BCUT2D eigenvalue weighted by Gasteiger charge is 2.17. The van der Waals surface area contributed by atoms with Gasteiger partial charge in [-0.3, -0.25) is 5.10 Å². The van der Waals surface area contributed by atoms with Crippen molar-refractivity contribution in [2.45, 2.75) is 0 Å². The maximum atomic E-state index is 11.7. The normalized spacial score (nSPS) is 10.8. The summed E-state index contributed by atoms with van der Waals surface area (Å²) in [5.74, 6) is -0.643. The third-order valence-corrected chi connectivity index (χ3v) is 3.38. The van der Waals surface area contributed by atoms with Crippen LogP contribution >= 0.6 is 11.6 Å². The van der Waals surface area contributed by atoms with Crippen LogP contribution in [0.2, 0.25) is 5.02 Å². The summed E-state index contributed by atoms with van der Waals surface area (Å²) in [5.41, 5.74) is 8.79. The molecule has 3 N–H and O–H groups in total. The summed E-state index contributed by atoms with van der Waals surface area (Å²) in [6.45, 7) is 0. The zero-order chi connectivity index (χ0) is 15.0. The fraction of sp³-hybridized carbons (Fsp3) is 0.0769. The number of pyridine rings is 1. The second-order valence-electron chi connectivity index (χ2n) is 4.29. The van der Waals surface area contributed by atoms with Gasteiger partial charge in [-0.25, -0.2) is 9.78 Å². The molecule has 0 aliphatic heterocycles. The summed E-state index contributed by atoms with van der Waals surface area (Å²) in [6.07, 6.45) is 0. The lowest BCUT2D eigenvalue weighted by Gasteiger charge is -2.08. The first kappa shape index (κ1) is 13.3. The van der Waals surface area contributed by atoms with Crippen molar-refractivity contribution in [1.29, 1.82) is 0 Å². The number of nitrogens with zero attached hydrogens (tertiary/aromatic N) is 3. The highest BCUT2D eigenvalue weighted by molar-refractivity contribution is 6.35. The molecule has 3 rings (SSSR count). The summed E-state index contributed by atoms with van der Waals surface area (Å²) in [7, 11) is 1.25. The Bertz CT molecular complexity index is 846. The van der Waals surface area contributed by atoms with Gasteiger partial charge >= 0.3 is 5.97 Å². The number of hydrogen-bond donors (Lipinski definition) is 2. The molecule has 0 atom stereocenters. The predicted molar refractivity (Wildman–Crippen MR) is 77.9 cm³/mol. The second-order valence-corrected chi connectivity index (χ2v) is 4.67. The minimum absolute atomic E-state index is 0.0191. The number of benzene rings is 1. The van der Waals surface area contributed by atoms with Gasteiger partial charge in [-0.05, 0) is 18.2 Å². The van der Waals surface area contributed by atoms with Crippen molar-refractivity contribution in [3.8, 4) is 11.3 Å². The molecule has 3 aromatic rings. The van der Waals surface area contributed by atoms with Gasteiger partial charge in [0.15, 0.2) is 5.69 Å². The minimum atomic E-state index is -0.643. The van der Waals surface area contributed by atoms with E-state index in [-0.39, 0.29) is 16.4 Å². The Balaban J connectivity index is 2.17. The number of aromatic amines is 1. The fourth-order valence-corrected chi connectivity index (χ4v) is 2.10. The summed E-state index contributed by atoms with van der Waals surface area (Å²) in [6, 6.07) is 7.01. The molecule has 0 unspecified atom stereocenters. The van der Waals surface area contributed by atoms with E-state index in [1.807, 2.05) is 12.1 Å². The third-order valence-electron chi connectivity index (χ3n) is 2.99. The van der Waals surface area contributed by atoms with Gasteiger partial charge in [0, 0.05) is 5.56 Å². The van der Waals surface area contributed by atoms with Gasteiger partial charge in [-0.15, -0.1) is 5.10 Å². The summed E-state index contributed by atoms with van der Waals surface area (Å²) in [5, 5.41) is 10.5. The number of H-pyrrole nitrogens is 1. The highest BCUT2D eigenvalue weighted by Crippen LogP contribution is 2.29. The Hall–Kier alpha value is -2.67. The van der Waals surface area contributed by atoms with E-state index in [2.05, 4.69) is 25.1 Å². The standard InChI is InChI=1S/C13H10ClN5O2/c1-21-13(20)12-11(14)7(15)5-9(16-12)6-2-3-8-10(4-6)18-19-17-8/h2-5H,1H3,(H2,15,16)(H,17,18,19). The van der Waals surface area contributed by atoms with Crippen LogP contribution in [0.15, 0.2) is 24.3 Å². The number of anilines is 1. The molecule has 0 spiro atoms. The number of aromatic nitrogens is 4. The Morgan fingerprint density at radius 1 is 1.38 bits per heavy atom. The van der Waals surface area contributed by atoms with Crippen LogP contribution in [0.1, 0.15) is 10.5 Å². The van der Waals surface area contributed by atoms with Crippen LogP contribution in [0.4, 0.5) is 5.69 Å². The van der Waals surface area contributed by atoms with Crippen molar-refractivity contribution in [3.05, 3.63) is 35.0 Å². The van der Waals surface area contributed by atoms with Crippen molar-refractivity contribution in [2.24, 2.45) is 0 Å². The number of ether oxygens (including phenoxy) is 1. The average Bonchev–Trinajstić information content (AvgIpc) is 2.96. The van der Waals surface area contributed by atoms with E-state index < -0.39 is 5.97 Å². The number of halogens is 1. The first-order chi connectivity index (χ1) is 10.1. The van der Waals surface area contributed by atoms with E-state index in [0.717, 1.165) is 11.1 Å². The predicted octanol–water partition coefficient (Wildman–Crippen LogP) is 2.04. The number of methoxy groups -OCH3 is 1. The second kappa shape index (κ2) is 5.02. The van der Waals surface area contributed by atoms with Gasteiger partial charge in [-0.1, -0.05) is 22.9 Å². The zero-order valence-corrected chi connectivity index (χ0v) is 11.7. The number of esters is 1. The van der Waals surface area contributed by atoms with Gasteiger partial charge < -0.3 is 10.5 Å². The number of fused-ring (bicyclic) bond motifs is 1. The van der Waals surface area contributed by atoms with Crippen molar-refractivity contribution < 1.29 is 9.53 Å². The van der Waals surface area contributed by atoms with E-state index in [1.54, 1.807) is 12.1 Å². The molecule has 0 radical (unpaired) electrons. The maximum Gasteiger partial charge on any atom is 0.358 e. The lowest BCUT2D eigenvalue weighted by Crippen LogP contribution is -2.08. The quantitative estimate of drug-likeness (QED) is 0.702. The molecule has 0 saturated heterocycles. The van der Waals surface area contributed by atoms with Crippen LogP contribution in [0.5, 0.6) is 0 Å². The Morgan fingerprint density at radius 3 is 2.95 bits per heavy atom. The van der Waals surface area contributed by atoms with Gasteiger partial charge in [0.1, 0.15) is 5.52 Å². The Labute approximate surface area is 124 Å². The average molecular weight is 304 g/mol. The van der Waals surface area contributed by atoms with Crippen molar-refractivity contribution in [3.63, 3.8) is 0 Å². The molecule has 0 aliphatic carbocycles. The third kappa shape index (κ3) is 2.27. The van der Waals surface area contributed by atoms with Gasteiger partial charge in [0.2, 0.25) is 0 Å². The summed E-state index contributed by atoms with van der Waals surface area (Å²) in [4.78, 5) is 15.9. The van der Waals surface area contributed by atoms with Crippen LogP contribution in [-0.2, 0) is 4.74 Å². The molecule has 0 saturated carbocycles. The molecule has 106 valence electrons. The van der Waals surface area contributed by atoms with E-state index in [4.69, 9.17) is 17.3 Å². The van der Waals surface area contributed by atoms with Crippen molar-refractivity contribution >= 4 is 34.3 Å². The smallest absolute Gasteiger partial charge is 0.358 e. The van der Waals surface area contributed by atoms with Crippen molar-refractivity contribution in [2.75, 3.05) is 12.8 Å². The molecule has 2 heterocycles. The molecule has 0 amide bonds. The largest absolute Gasteiger partial charge is 0.464 e. The molecule has 1 aromatic carbocycles. The Kier molecular flexibility index (Phi) is 3.19. The lowest BCUT2D eigenvalue weighted by molar-refractivity contribution is 0.0594. The number of rotatable bonds is 2. The lowest BCUT2D eigenvalue weighted by atomic mass is 10.1. The monoisotopic (exact) mass is 303 g/mol. The number of nitrogens with two attached hydrogens (primary N) is 1. The van der Waals surface area contributed by atoms with Gasteiger partial charge in [0.25, 0.3) is 0 Å². The first-order valence-electron chi connectivity index (χ1n) is 5.95. The fourth-order valence-electron chi connectivity index (χ4n) is 1.93. The van der Waals surface area contributed by atoms with E-state index in [1.165, 1.54) is 7.11 Å². The number of carbonyl (C=O) groups is 1. The SMILES string of the molecule is COC(=O)c1nc(-c2ccc3[nH]nnc3c2)cc(N)c1Cl. The molecule has 0 fully saturated rings. The van der Waals surface area contributed by atoms with Crippen LogP contribution < -0.4 is 5.73 Å². The van der Waals surface area contributed by atoms with Crippen LogP contribution in [0.25, 0.3) is 22.3 Å². The molecule has 8 heteroatoms. The van der Waals surface area contributed by atoms with Gasteiger partial charge in [0.05, 0.1) is 29.0 Å². The number of hydrogen-bond acceptors (Lipinski definition) is 6. The van der Waals surface area contributed by atoms with E-state index in [9.17, 15) is 4.79 Å². The molecule has 0 bridgehead atoms. The molecular formula is C13H10ClN5O2. The topological polar surface area (TPSA) is 107 Å². The number of nitrogens with one attached hydrogen (secondary N) is 1. The van der Waals surface area contributed by atoms with Gasteiger partial charge in [-0.2, -0.15) is 0 Å². The van der Waals surface area contributed by atoms with E-state index >= 15 is 0 Å². The van der Waals surface area contributed by atoms with E-state index in [0.29, 0.717) is 11.2 Å². The number of carbonyl (C=O) groups excluding carboxylic acids is 1. The molecule has 2 aromatic heterocycles. The minimum Gasteiger partial charge on any atom is -0.464 e.